The summed E-state index contributed by atoms with van der Waals surface area (Å²) < 4.78 is 3.95. The van der Waals surface area contributed by atoms with Crippen molar-refractivity contribution in [1.29, 1.82) is 0 Å². The summed E-state index contributed by atoms with van der Waals surface area (Å²) in [5.74, 6) is 0.597. The SMILES string of the molecule is O=c1c2ccccc2nc(/C=C/c2cn(Cc3ccccc3)c3ccccc23)n1-c1ccccc1. The van der Waals surface area contributed by atoms with Crippen molar-refractivity contribution in [1.82, 2.24) is 14.1 Å². The van der Waals surface area contributed by atoms with E-state index >= 15 is 0 Å². The van der Waals surface area contributed by atoms with Crippen LogP contribution in [0.5, 0.6) is 0 Å². The summed E-state index contributed by atoms with van der Waals surface area (Å²) in [4.78, 5) is 18.3. The molecule has 0 aliphatic rings. The van der Waals surface area contributed by atoms with Gasteiger partial charge in [-0.15, -0.1) is 0 Å². The first kappa shape index (κ1) is 20.9. The second-order valence-corrected chi connectivity index (χ2v) is 8.51. The summed E-state index contributed by atoms with van der Waals surface area (Å²) in [7, 11) is 0. The number of hydrogen-bond donors (Lipinski definition) is 0. The summed E-state index contributed by atoms with van der Waals surface area (Å²) in [6.45, 7) is 0.790. The monoisotopic (exact) mass is 453 g/mol. The Labute approximate surface area is 203 Å². The molecule has 0 radical (unpaired) electrons. The molecule has 0 atom stereocenters. The standard InChI is InChI=1S/C31H23N3O/c35-31-27-16-7-9-17-28(27)32-30(34(31)25-13-5-2-6-14-25)20-19-24-22-33(21-23-11-3-1-4-12-23)29-18-10-8-15-26(24)29/h1-20,22H,21H2/b20-19+. The Morgan fingerprint density at radius 2 is 1.34 bits per heavy atom. The van der Waals surface area contributed by atoms with E-state index in [0.29, 0.717) is 16.7 Å². The molecular weight excluding hydrogens is 430 g/mol. The molecule has 0 fully saturated rings. The van der Waals surface area contributed by atoms with E-state index in [2.05, 4.69) is 65.4 Å². The molecule has 6 aromatic rings. The molecule has 0 N–H and O–H groups in total. The van der Waals surface area contributed by atoms with Crippen molar-refractivity contribution in [2.24, 2.45) is 0 Å². The summed E-state index contributed by atoms with van der Waals surface area (Å²) in [6, 6.07) is 36.0. The van der Waals surface area contributed by atoms with E-state index in [4.69, 9.17) is 4.98 Å². The summed E-state index contributed by atoms with van der Waals surface area (Å²) in [5, 5.41) is 1.77. The fraction of sp³-hybridized carbons (Fsp3) is 0.0323. The highest BCUT2D eigenvalue weighted by molar-refractivity contribution is 5.92. The smallest absolute Gasteiger partial charge is 0.266 e. The number of nitrogens with zero attached hydrogens (tertiary/aromatic N) is 3. The summed E-state index contributed by atoms with van der Waals surface area (Å²) in [6.07, 6.45) is 6.16. The van der Waals surface area contributed by atoms with Crippen LogP contribution in [0.25, 0.3) is 39.6 Å². The fourth-order valence-electron chi connectivity index (χ4n) is 4.57. The molecule has 2 heterocycles. The molecule has 6 rings (SSSR count). The Morgan fingerprint density at radius 3 is 2.14 bits per heavy atom. The van der Waals surface area contributed by atoms with Crippen LogP contribution < -0.4 is 5.56 Å². The third-order valence-electron chi connectivity index (χ3n) is 6.24. The van der Waals surface area contributed by atoms with Crippen molar-refractivity contribution in [3.8, 4) is 5.69 Å². The second kappa shape index (κ2) is 8.92. The van der Waals surface area contributed by atoms with E-state index in [1.54, 1.807) is 4.57 Å². The Morgan fingerprint density at radius 1 is 0.686 bits per heavy atom. The zero-order valence-electron chi connectivity index (χ0n) is 19.1. The van der Waals surface area contributed by atoms with Crippen molar-refractivity contribution in [3.05, 3.63) is 143 Å². The summed E-state index contributed by atoms with van der Waals surface area (Å²) in [5.41, 5.74) is 4.91. The van der Waals surface area contributed by atoms with Crippen molar-refractivity contribution in [2.75, 3.05) is 0 Å². The predicted octanol–water partition coefficient (Wildman–Crippen LogP) is 6.56. The van der Waals surface area contributed by atoms with Crippen LogP contribution in [-0.2, 0) is 6.54 Å². The van der Waals surface area contributed by atoms with Gasteiger partial charge in [-0.05, 0) is 48.0 Å². The quantitative estimate of drug-likeness (QED) is 0.297. The van der Waals surface area contributed by atoms with Gasteiger partial charge >= 0.3 is 0 Å². The lowest BCUT2D eigenvalue weighted by molar-refractivity contribution is 0.836. The molecule has 4 aromatic carbocycles. The van der Waals surface area contributed by atoms with Gasteiger partial charge < -0.3 is 4.57 Å². The maximum Gasteiger partial charge on any atom is 0.266 e. The lowest BCUT2D eigenvalue weighted by Crippen LogP contribution is -2.22. The van der Waals surface area contributed by atoms with Gasteiger partial charge in [0.15, 0.2) is 0 Å². The zero-order valence-corrected chi connectivity index (χ0v) is 19.1. The molecule has 0 saturated heterocycles. The molecule has 2 aromatic heterocycles. The molecule has 0 saturated carbocycles. The Balaban J connectivity index is 1.49. The third-order valence-corrected chi connectivity index (χ3v) is 6.24. The normalized spacial score (nSPS) is 11.5. The van der Waals surface area contributed by atoms with Crippen LogP contribution in [0.4, 0.5) is 0 Å². The average molecular weight is 454 g/mol. The minimum Gasteiger partial charge on any atom is -0.342 e. The van der Waals surface area contributed by atoms with Crippen LogP contribution in [0.2, 0.25) is 0 Å². The van der Waals surface area contributed by atoms with Crippen LogP contribution in [0.1, 0.15) is 17.0 Å². The molecule has 0 aliphatic carbocycles. The lowest BCUT2D eigenvalue weighted by Gasteiger charge is -2.11. The van der Waals surface area contributed by atoms with Gasteiger partial charge in [0.2, 0.25) is 0 Å². The van der Waals surface area contributed by atoms with Gasteiger partial charge in [0.05, 0.1) is 16.6 Å². The zero-order chi connectivity index (χ0) is 23.6. The van der Waals surface area contributed by atoms with E-state index in [-0.39, 0.29) is 5.56 Å². The highest BCUT2D eigenvalue weighted by atomic mass is 16.1. The van der Waals surface area contributed by atoms with Crippen LogP contribution in [-0.4, -0.2) is 14.1 Å². The number of rotatable bonds is 5. The van der Waals surface area contributed by atoms with Crippen LogP contribution in [0.15, 0.2) is 120 Å². The van der Waals surface area contributed by atoms with Crippen molar-refractivity contribution in [2.45, 2.75) is 6.54 Å². The largest absolute Gasteiger partial charge is 0.342 e. The van der Waals surface area contributed by atoms with Gasteiger partial charge in [-0.2, -0.15) is 0 Å². The second-order valence-electron chi connectivity index (χ2n) is 8.51. The van der Waals surface area contributed by atoms with E-state index in [1.807, 2.05) is 66.7 Å². The number of benzene rings is 4. The summed E-state index contributed by atoms with van der Waals surface area (Å²) >= 11 is 0. The number of aromatic nitrogens is 3. The average Bonchev–Trinajstić information content (AvgIpc) is 3.26. The van der Waals surface area contributed by atoms with E-state index in [1.165, 1.54) is 11.1 Å². The number of hydrogen-bond acceptors (Lipinski definition) is 2. The van der Waals surface area contributed by atoms with E-state index in [9.17, 15) is 4.79 Å². The molecule has 168 valence electrons. The van der Waals surface area contributed by atoms with Gasteiger partial charge in [0.25, 0.3) is 5.56 Å². The van der Waals surface area contributed by atoms with Gasteiger partial charge in [-0.25, -0.2) is 4.98 Å². The fourth-order valence-corrected chi connectivity index (χ4v) is 4.57. The van der Waals surface area contributed by atoms with Crippen LogP contribution in [0, 0.1) is 0 Å². The minimum absolute atomic E-state index is 0.0760. The number of fused-ring (bicyclic) bond motifs is 2. The van der Waals surface area contributed by atoms with Gasteiger partial charge in [0.1, 0.15) is 5.82 Å². The molecule has 35 heavy (non-hydrogen) atoms. The first-order valence-corrected chi connectivity index (χ1v) is 11.6. The number of para-hydroxylation sites is 3. The molecule has 0 aliphatic heterocycles. The molecule has 0 unspecified atom stereocenters. The third kappa shape index (κ3) is 3.96. The Kier molecular flexibility index (Phi) is 5.32. The molecule has 4 heteroatoms. The molecule has 4 nitrogen and oxygen atoms in total. The van der Waals surface area contributed by atoms with Gasteiger partial charge in [-0.3, -0.25) is 9.36 Å². The molecule has 0 bridgehead atoms. The lowest BCUT2D eigenvalue weighted by atomic mass is 10.1. The van der Waals surface area contributed by atoms with Crippen LogP contribution in [0.3, 0.4) is 0 Å². The van der Waals surface area contributed by atoms with E-state index < -0.39 is 0 Å². The van der Waals surface area contributed by atoms with Crippen LogP contribution >= 0.6 is 0 Å². The Hall–Kier alpha value is -4.70. The topological polar surface area (TPSA) is 39.8 Å². The molecule has 0 spiro atoms. The van der Waals surface area contributed by atoms with Crippen molar-refractivity contribution < 1.29 is 0 Å². The van der Waals surface area contributed by atoms with Gasteiger partial charge in [0, 0.05) is 29.2 Å². The first-order chi connectivity index (χ1) is 17.3. The van der Waals surface area contributed by atoms with E-state index in [0.717, 1.165) is 23.2 Å². The highest BCUT2D eigenvalue weighted by Gasteiger charge is 2.12. The maximum atomic E-state index is 13.5. The molecular formula is C31H23N3O. The molecule has 0 amide bonds. The Bertz CT molecular complexity index is 1730. The highest BCUT2D eigenvalue weighted by Crippen LogP contribution is 2.25. The van der Waals surface area contributed by atoms with Gasteiger partial charge in [-0.1, -0.05) is 78.9 Å². The first-order valence-electron chi connectivity index (χ1n) is 11.6. The van der Waals surface area contributed by atoms with Crippen molar-refractivity contribution >= 4 is 34.0 Å². The minimum atomic E-state index is -0.0760. The van der Waals surface area contributed by atoms with Crippen molar-refractivity contribution in [3.63, 3.8) is 0 Å². The predicted molar refractivity (Wildman–Crippen MR) is 144 cm³/mol. The maximum absolute atomic E-state index is 13.5.